The van der Waals surface area contributed by atoms with E-state index >= 15 is 0 Å². The van der Waals surface area contributed by atoms with Gasteiger partial charge in [0.2, 0.25) is 0 Å². The predicted molar refractivity (Wildman–Crippen MR) is 88.3 cm³/mol. The van der Waals surface area contributed by atoms with Crippen LogP contribution in [0.15, 0.2) is 40.9 Å². The van der Waals surface area contributed by atoms with Crippen LogP contribution in [0, 0.1) is 11.3 Å². The van der Waals surface area contributed by atoms with Gasteiger partial charge >= 0.3 is 0 Å². The van der Waals surface area contributed by atoms with Crippen LogP contribution in [-0.4, -0.2) is 5.78 Å². The Labute approximate surface area is 145 Å². The second kappa shape index (κ2) is 6.81. The maximum Gasteiger partial charge on any atom is 0.186 e. The van der Waals surface area contributed by atoms with Gasteiger partial charge in [-0.1, -0.05) is 46.9 Å². The minimum atomic E-state index is -1.04. The number of rotatable bonds is 3. The zero-order chi connectivity index (χ0) is 15.6. The number of hydrogen-bond acceptors (Lipinski definition) is 2. The van der Waals surface area contributed by atoms with E-state index in [2.05, 4.69) is 15.9 Å². The normalized spacial score (nSPS) is 11.8. The lowest BCUT2D eigenvalue weighted by Gasteiger charge is -2.12. The summed E-state index contributed by atoms with van der Waals surface area (Å²) in [6, 6.07) is 11.6. The molecule has 0 aliphatic carbocycles. The number of hydrogen-bond donors (Lipinski definition) is 0. The zero-order valence-electron chi connectivity index (χ0n) is 10.4. The summed E-state index contributed by atoms with van der Waals surface area (Å²) >= 11 is 21.3. The Kier molecular flexibility index (Phi) is 5.29. The number of halogens is 4. The Hall–Kier alpha value is -1.05. The summed E-state index contributed by atoms with van der Waals surface area (Å²) in [5.41, 5.74) is 0.674. The average molecular weight is 403 g/mol. The Morgan fingerprint density at radius 3 is 2.52 bits per heavy atom. The molecule has 0 bridgehead atoms. The summed E-state index contributed by atoms with van der Waals surface area (Å²) in [6.07, 6.45) is 0. The molecule has 0 heterocycles. The number of benzene rings is 2. The summed E-state index contributed by atoms with van der Waals surface area (Å²) in [4.78, 5) is 12.6. The first-order valence-corrected chi connectivity index (χ1v) is 7.71. The number of nitriles is 1. The Morgan fingerprint density at radius 2 is 1.90 bits per heavy atom. The van der Waals surface area contributed by atoms with Crippen LogP contribution in [0.2, 0.25) is 15.1 Å². The fraction of sp³-hybridized carbons (Fsp3) is 0.0667. The fourth-order valence-corrected chi connectivity index (χ4v) is 2.96. The number of Topliss-reactive ketones (excluding diaryl/α,β-unsaturated/α-hetero) is 1. The third kappa shape index (κ3) is 3.41. The zero-order valence-corrected chi connectivity index (χ0v) is 14.3. The third-order valence-corrected chi connectivity index (χ3v) is 4.74. The molecule has 0 amide bonds. The topological polar surface area (TPSA) is 40.9 Å². The van der Waals surface area contributed by atoms with E-state index in [1.165, 1.54) is 6.07 Å². The summed E-state index contributed by atoms with van der Waals surface area (Å²) in [7, 11) is 0. The largest absolute Gasteiger partial charge is 0.292 e. The minimum absolute atomic E-state index is 0.267. The molecule has 2 nitrogen and oxygen atoms in total. The van der Waals surface area contributed by atoms with Gasteiger partial charge in [-0.15, -0.1) is 0 Å². The van der Waals surface area contributed by atoms with Crippen molar-refractivity contribution in [3.63, 3.8) is 0 Å². The Balaban J connectivity index is 2.49. The summed E-state index contributed by atoms with van der Waals surface area (Å²) in [5, 5.41) is 10.3. The third-order valence-electron chi connectivity index (χ3n) is 2.88. The maximum absolute atomic E-state index is 12.6. The van der Waals surface area contributed by atoms with E-state index in [-0.39, 0.29) is 15.6 Å². The molecule has 2 aromatic rings. The van der Waals surface area contributed by atoms with Gasteiger partial charge in [0.1, 0.15) is 5.92 Å². The second-order valence-corrected chi connectivity index (χ2v) is 6.27. The lowest BCUT2D eigenvalue weighted by Crippen LogP contribution is -2.12. The van der Waals surface area contributed by atoms with Crippen LogP contribution < -0.4 is 0 Å². The smallest absolute Gasteiger partial charge is 0.186 e. The number of ketones is 1. The monoisotopic (exact) mass is 401 g/mol. The molecular formula is C15H7BrCl3NO. The van der Waals surface area contributed by atoms with Crippen molar-refractivity contribution >= 4 is 56.5 Å². The Morgan fingerprint density at radius 1 is 1.19 bits per heavy atom. The predicted octanol–water partition coefficient (Wildman–Crippen LogP) is 5.90. The van der Waals surface area contributed by atoms with Gasteiger partial charge in [0, 0.05) is 20.1 Å². The van der Waals surface area contributed by atoms with Crippen molar-refractivity contribution in [3.8, 4) is 6.07 Å². The SMILES string of the molecule is N#CC(C(=O)c1cccc(Br)c1Cl)c1ccc(Cl)cc1Cl. The van der Waals surface area contributed by atoms with Crippen molar-refractivity contribution in [2.45, 2.75) is 5.92 Å². The molecule has 6 heteroatoms. The number of nitrogens with zero attached hydrogens (tertiary/aromatic N) is 1. The molecule has 2 rings (SSSR count). The highest BCUT2D eigenvalue weighted by Crippen LogP contribution is 2.33. The van der Waals surface area contributed by atoms with Gasteiger partial charge in [0.05, 0.1) is 11.1 Å². The molecule has 1 unspecified atom stereocenters. The van der Waals surface area contributed by atoms with E-state index in [0.29, 0.717) is 15.1 Å². The van der Waals surface area contributed by atoms with Crippen molar-refractivity contribution in [1.29, 1.82) is 5.26 Å². The molecule has 0 aliphatic heterocycles. The molecule has 0 saturated heterocycles. The molecule has 21 heavy (non-hydrogen) atoms. The highest BCUT2D eigenvalue weighted by Gasteiger charge is 2.26. The van der Waals surface area contributed by atoms with Crippen LogP contribution >= 0.6 is 50.7 Å². The van der Waals surface area contributed by atoms with Crippen molar-refractivity contribution in [2.75, 3.05) is 0 Å². The van der Waals surface area contributed by atoms with E-state index in [4.69, 9.17) is 34.8 Å². The summed E-state index contributed by atoms with van der Waals surface area (Å²) in [6.45, 7) is 0. The molecule has 2 aromatic carbocycles. The highest BCUT2D eigenvalue weighted by atomic mass is 79.9. The van der Waals surface area contributed by atoms with Gasteiger partial charge in [0.25, 0.3) is 0 Å². The number of carbonyl (C=O) groups excluding carboxylic acids is 1. The van der Waals surface area contributed by atoms with Gasteiger partial charge < -0.3 is 0 Å². The average Bonchev–Trinajstić information content (AvgIpc) is 2.44. The molecular weight excluding hydrogens is 396 g/mol. The molecule has 0 aromatic heterocycles. The standard InChI is InChI=1S/C15H7BrCl3NO/c16-12-3-1-2-10(14(12)19)15(21)11(7-20)9-5-4-8(17)6-13(9)18/h1-6,11H. The summed E-state index contributed by atoms with van der Waals surface area (Å²) < 4.78 is 0.592. The molecule has 0 radical (unpaired) electrons. The Bertz CT molecular complexity index is 755. The second-order valence-electron chi connectivity index (χ2n) is 4.19. The van der Waals surface area contributed by atoms with Gasteiger partial charge in [-0.05, 0) is 45.8 Å². The van der Waals surface area contributed by atoms with Crippen LogP contribution in [0.3, 0.4) is 0 Å². The van der Waals surface area contributed by atoms with Gasteiger partial charge in [-0.25, -0.2) is 0 Å². The van der Waals surface area contributed by atoms with Crippen molar-refractivity contribution in [1.82, 2.24) is 0 Å². The molecule has 0 N–H and O–H groups in total. The lowest BCUT2D eigenvalue weighted by atomic mass is 9.92. The molecule has 0 saturated carbocycles. The van der Waals surface area contributed by atoms with Gasteiger partial charge in [-0.3, -0.25) is 4.79 Å². The van der Waals surface area contributed by atoms with Crippen LogP contribution in [-0.2, 0) is 0 Å². The van der Waals surface area contributed by atoms with E-state index in [1.54, 1.807) is 30.3 Å². The molecule has 106 valence electrons. The quantitative estimate of drug-likeness (QED) is 0.599. The van der Waals surface area contributed by atoms with Gasteiger partial charge in [-0.2, -0.15) is 5.26 Å². The molecule has 0 aliphatic rings. The van der Waals surface area contributed by atoms with Gasteiger partial charge in [0.15, 0.2) is 5.78 Å². The lowest BCUT2D eigenvalue weighted by molar-refractivity contribution is 0.0979. The molecule has 1 atom stereocenters. The first kappa shape index (κ1) is 16.3. The molecule has 0 spiro atoms. The van der Waals surface area contributed by atoms with Crippen LogP contribution in [0.25, 0.3) is 0 Å². The maximum atomic E-state index is 12.6. The van der Waals surface area contributed by atoms with E-state index in [0.717, 1.165) is 0 Å². The van der Waals surface area contributed by atoms with Crippen molar-refractivity contribution < 1.29 is 4.79 Å². The van der Waals surface area contributed by atoms with Crippen molar-refractivity contribution in [3.05, 3.63) is 67.1 Å². The van der Waals surface area contributed by atoms with Crippen molar-refractivity contribution in [2.24, 2.45) is 0 Å². The molecule has 0 fully saturated rings. The highest BCUT2D eigenvalue weighted by molar-refractivity contribution is 9.10. The van der Waals surface area contributed by atoms with E-state index in [1.807, 2.05) is 6.07 Å². The first-order chi connectivity index (χ1) is 9.95. The minimum Gasteiger partial charge on any atom is -0.292 e. The fourth-order valence-electron chi connectivity index (χ4n) is 1.85. The van der Waals surface area contributed by atoms with Crippen LogP contribution in [0.1, 0.15) is 21.8 Å². The van der Waals surface area contributed by atoms with E-state index < -0.39 is 11.7 Å². The summed E-state index contributed by atoms with van der Waals surface area (Å²) in [5.74, 6) is -1.45. The van der Waals surface area contributed by atoms with E-state index in [9.17, 15) is 10.1 Å². The van der Waals surface area contributed by atoms with Crippen LogP contribution in [0.4, 0.5) is 0 Å². The van der Waals surface area contributed by atoms with Crippen LogP contribution in [0.5, 0.6) is 0 Å². The first-order valence-electron chi connectivity index (χ1n) is 5.78. The number of carbonyl (C=O) groups is 1.